The number of piperazine rings is 1. The summed E-state index contributed by atoms with van der Waals surface area (Å²) in [4.78, 5) is 4.70. The summed E-state index contributed by atoms with van der Waals surface area (Å²) in [5.74, 6) is 0.316. The Bertz CT molecular complexity index is 207. The normalized spacial score (nSPS) is 26.7. The zero-order valence-corrected chi connectivity index (χ0v) is 8.98. The number of amidine groups is 1. The minimum absolute atomic E-state index is 0.316. The topological polar surface area (TPSA) is 65.1 Å². The summed E-state index contributed by atoms with van der Waals surface area (Å²) in [6.45, 7) is 6.33. The molecule has 14 heavy (non-hydrogen) atoms. The smallest absolute Gasteiger partial charge is 0.140 e. The van der Waals surface area contributed by atoms with Crippen molar-refractivity contribution < 1.29 is 5.21 Å². The van der Waals surface area contributed by atoms with Gasteiger partial charge < -0.3 is 20.7 Å². The maximum Gasteiger partial charge on any atom is 0.140 e. The van der Waals surface area contributed by atoms with E-state index in [1.54, 1.807) is 0 Å². The molecule has 1 saturated heterocycles. The summed E-state index contributed by atoms with van der Waals surface area (Å²) in [6, 6.07) is 0.594. The SMILES string of the molecule is CC1CN(CCC(N)=NO)CCN1C. The van der Waals surface area contributed by atoms with Crippen LogP contribution in [-0.2, 0) is 0 Å². The minimum atomic E-state index is 0.316. The predicted octanol–water partition coefficient (Wildman–Crippen LogP) is -0.241. The molecule has 0 bridgehead atoms. The molecule has 1 atom stereocenters. The van der Waals surface area contributed by atoms with Crippen molar-refractivity contribution in [2.24, 2.45) is 10.9 Å². The zero-order chi connectivity index (χ0) is 10.6. The molecule has 5 nitrogen and oxygen atoms in total. The molecule has 82 valence electrons. The second kappa shape index (κ2) is 5.17. The fourth-order valence-corrected chi connectivity index (χ4v) is 1.65. The number of nitrogens with zero attached hydrogens (tertiary/aromatic N) is 3. The van der Waals surface area contributed by atoms with Crippen LogP contribution >= 0.6 is 0 Å². The summed E-state index contributed by atoms with van der Waals surface area (Å²) in [5, 5.41) is 11.4. The van der Waals surface area contributed by atoms with Gasteiger partial charge in [-0.25, -0.2) is 0 Å². The highest BCUT2D eigenvalue weighted by molar-refractivity contribution is 5.79. The minimum Gasteiger partial charge on any atom is -0.409 e. The highest BCUT2D eigenvalue weighted by Crippen LogP contribution is 2.06. The summed E-state index contributed by atoms with van der Waals surface area (Å²) in [7, 11) is 2.14. The van der Waals surface area contributed by atoms with Crippen LogP contribution in [0, 0.1) is 0 Å². The number of hydrogen-bond acceptors (Lipinski definition) is 4. The third-order valence-corrected chi connectivity index (χ3v) is 2.86. The maximum atomic E-state index is 8.39. The van der Waals surface area contributed by atoms with Crippen LogP contribution in [0.3, 0.4) is 0 Å². The summed E-state index contributed by atoms with van der Waals surface area (Å²) >= 11 is 0. The first-order valence-electron chi connectivity index (χ1n) is 5.02. The molecular weight excluding hydrogens is 180 g/mol. The van der Waals surface area contributed by atoms with E-state index in [2.05, 4.69) is 28.9 Å². The van der Waals surface area contributed by atoms with Crippen LogP contribution < -0.4 is 5.73 Å². The molecule has 1 heterocycles. The van der Waals surface area contributed by atoms with Gasteiger partial charge in [0, 0.05) is 38.6 Å². The molecule has 0 radical (unpaired) electrons. The Labute approximate surface area is 85.2 Å². The molecule has 0 aromatic heterocycles. The van der Waals surface area contributed by atoms with E-state index >= 15 is 0 Å². The third kappa shape index (κ3) is 3.16. The Morgan fingerprint density at radius 3 is 2.86 bits per heavy atom. The molecule has 0 aromatic carbocycles. The molecule has 1 unspecified atom stereocenters. The van der Waals surface area contributed by atoms with Gasteiger partial charge in [-0.2, -0.15) is 0 Å². The van der Waals surface area contributed by atoms with Crippen molar-refractivity contribution >= 4 is 5.84 Å². The average Bonchev–Trinajstić information content (AvgIpc) is 2.19. The van der Waals surface area contributed by atoms with Crippen molar-refractivity contribution in [3.05, 3.63) is 0 Å². The molecular formula is C9H20N4O. The molecule has 1 aliphatic heterocycles. The molecule has 1 rings (SSSR count). The predicted molar refractivity (Wildman–Crippen MR) is 56.6 cm³/mol. The number of likely N-dealkylation sites (N-methyl/N-ethyl adjacent to an activating group) is 1. The van der Waals surface area contributed by atoms with Crippen LogP contribution in [0.4, 0.5) is 0 Å². The van der Waals surface area contributed by atoms with E-state index in [-0.39, 0.29) is 0 Å². The van der Waals surface area contributed by atoms with Gasteiger partial charge in [-0.1, -0.05) is 5.16 Å². The quantitative estimate of drug-likeness (QED) is 0.285. The molecule has 1 fully saturated rings. The second-order valence-electron chi connectivity index (χ2n) is 3.97. The van der Waals surface area contributed by atoms with Crippen molar-refractivity contribution in [1.29, 1.82) is 0 Å². The Hall–Kier alpha value is -0.810. The van der Waals surface area contributed by atoms with Crippen LogP contribution in [0.2, 0.25) is 0 Å². The fourth-order valence-electron chi connectivity index (χ4n) is 1.65. The van der Waals surface area contributed by atoms with Gasteiger partial charge in [0.05, 0.1) is 0 Å². The van der Waals surface area contributed by atoms with Gasteiger partial charge in [0.2, 0.25) is 0 Å². The fraction of sp³-hybridized carbons (Fsp3) is 0.889. The Morgan fingerprint density at radius 2 is 2.29 bits per heavy atom. The molecule has 0 saturated carbocycles. The summed E-state index contributed by atoms with van der Waals surface area (Å²) in [5.41, 5.74) is 5.41. The number of nitrogens with two attached hydrogens (primary N) is 1. The molecule has 1 aliphatic rings. The first kappa shape index (κ1) is 11.3. The highest BCUT2D eigenvalue weighted by atomic mass is 16.4. The first-order chi connectivity index (χ1) is 6.63. The van der Waals surface area contributed by atoms with Gasteiger partial charge in [0.25, 0.3) is 0 Å². The van der Waals surface area contributed by atoms with E-state index in [9.17, 15) is 0 Å². The lowest BCUT2D eigenvalue weighted by Crippen LogP contribution is -2.50. The van der Waals surface area contributed by atoms with E-state index in [0.29, 0.717) is 18.3 Å². The third-order valence-electron chi connectivity index (χ3n) is 2.86. The maximum absolute atomic E-state index is 8.39. The summed E-state index contributed by atoms with van der Waals surface area (Å²) < 4.78 is 0. The molecule has 0 amide bonds. The lowest BCUT2D eigenvalue weighted by Gasteiger charge is -2.37. The lowest BCUT2D eigenvalue weighted by atomic mass is 10.2. The van der Waals surface area contributed by atoms with Crippen LogP contribution in [0.25, 0.3) is 0 Å². The van der Waals surface area contributed by atoms with Gasteiger partial charge >= 0.3 is 0 Å². The molecule has 0 aliphatic carbocycles. The van der Waals surface area contributed by atoms with E-state index in [1.165, 1.54) is 0 Å². The number of oxime groups is 1. The van der Waals surface area contributed by atoms with Crippen LogP contribution in [0.5, 0.6) is 0 Å². The second-order valence-corrected chi connectivity index (χ2v) is 3.97. The van der Waals surface area contributed by atoms with E-state index in [1.807, 2.05) is 0 Å². The van der Waals surface area contributed by atoms with Gasteiger partial charge in [-0.3, -0.25) is 0 Å². The standard InChI is InChI=1S/C9H20N4O/c1-8-7-13(6-5-12(8)2)4-3-9(10)11-14/h8,14H,3-7H2,1-2H3,(H2,10,11). The van der Waals surface area contributed by atoms with Crippen LogP contribution in [0.1, 0.15) is 13.3 Å². The molecule has 0 spiro atoms. The first-order valence-corrected chi connectivity index (χ1v) is 5.02. The van der Waals surface area contributed by atoms with Crippen LogP contribution in [-0.4, -0.2) is 60.1 Å². The van der Waals surface area contributed by atoms with Crippen LogP contribution in [0.15, 0.2) is 5.16 Å². The highest BCUT2D eigenvalue weighted by Gasteiger charge is 2.19. The number of hydrogen-bond donors (Lipinski definition) is 2. The van der Waals surface area contributed by atoms with E-state index in [0.717, 1.165) is 26.2 Å². The van der Waals surface area contributed by atoms with E-state index < -0.39 is 0 Å². The van der Waals surface area contributed by atoms with Gasteiger partial charge in [-0.15, -0.1) is 0 Å². The largest absolute Gasteiger partial charge is 0.409 e. The van der Waals surface area contributed by atoms with Crippen molar-refractivity contribution in [3.63, 3.8) is 0 Å². The van der Waals surface area contributed by atoms with Gasteiger partial charge in [0.1, 0.15) is 5.84 Å². The average molecular weight is 200 g/mol. The number of rotatable bonds is 3. The lowest BCUT2D eigenvalue weighted by molar-refractivity contribution is 0.107. The summed E-state index contributed by atoms with van der Waals surface area (Å²) in [6.07, 6.45) is 0.646. The Balaban J connectivity index is 2.26. The Morgan fingerprint density at radius 1 is 1.57 bits per heavy atom. The Kier molecular flexibility index (Phi) is 4.16. The van der Waals surface area contributed by atoms with Crippen molar-refractivity contribution in [1.82, 2.24) is 9.80 Å². The van der Waals surface area contributed by atoms with Crippen molar-refractivity contribution in [2.45, 2.75) is 19.4 Å². The monoisotopic (exact) mass is 200 g/mol. The van der Waals surface area contributed by atoms with Gasteiger partial charge in [-0.05, 0) is 14.0 Å². The van der Waals surface area contributed by atoms with Gasteiger partial charge in [0.15, 0.2) is 0 Å². The van der Waals surface area contributed by atoms with Crippen molar-refractivity contribution in [3.8, 4) is 0 Å². The van der Waals surface area contributed by atoms with Crippen molar-refractivity contribution in [2.75, 3.05) is 33.2 Å². The molecule has 3 N–H and O–H groups in total. The van der Waals surface area contributed by atoms with E-state index in [4.69, 9.17) is 10.9 Å². The molecule has 5 heteroatoms. The molecule has 0 aromatic rings. The zero-order valence-electron chi connectivity index (χ0n) is 8.98.